The number of hydrogen-bond donors (Lipinski definition) is 4. The number of carboxylic acids is 1. The van der Waals surface area contributed by atoms with Crippen LogP contribution in [0.15, 0.2) is 42.5 Å². The van der Waals surface area contributed by atoms with Gasteiger partial charge in [0.1, 0.15) is 11.4 Å². The van der Waals surface area contributed by atoms with E-state index >= 15 is 0 Å². The van der Waals surface area contributed by atoms with Gasteiger partial charge in [0.25, 0.3) is 0 Å². The van der Waals surface area contributed by atoms with Gasteiger partial charge in [-0.2, -0.15) is 0 Å². The number of halogens is 1. The smallest absolute Gasteiger partial charge is 0.338 e. The second kappa shape index (κ2) is 8.50. The Morgan fingerprint density at radius 3 is 2.33 bits per heavy atom. The first-order valence-corrected chi connectivity index (χ1v) is 8.17. The molecule has 1 atom stereocenters. The molecule has 2 aromatic carbocycles. The second-order valence-electron chi connectivity index (χ2n) is 6.21. The third-order valence-electron chi connectivity index (χ3n) is 4.07. The molecule has 0 bridgehead atoms. The molecule has 0 saturated heterocycles. The zero-order valence-electron chi connectivity index (χ0n) is 14.4. The lowest BCUT2D eigenvalue weighted by Crippen LogP contribution is -2.50. The minimum absolute atomic E-state index is 0.0146. The van der Waals surface area contributed by atoms with Crippen molar-refractivity contribution < 1.29 is 34.0 Å². The quantitative estimate of drug-likeness (QED) is 0.315. The third-order valence-corrected chi connectivity index (χ3v) is 4.07. The van der Waals surface area contributed by atoms with E-state index in [-0.39, 0.29) is 42.9 Å². The molecule has 0 aromatic heterocycles. The molecule has 0 unspecified atom stereocenters. The lowest BCUT2D eigenvalue weighted by atomic mass is 9.87. The van der Waals surface area contributed by atoms with E-state index in [1.165, 1.54) is 30.3 Å². The molecular formula is C19H20FNO6. The predicted molar refractivity (Wildman–Crippen MR) is 93.9 cm³/mol. The highest BCUT2D eigenvalue weighted by Crippen LogP contribution is 2.27. The average molecular weight is 377 g/mol. The number of phenols is 2. The van der Waals surface area contributed by atoms with Crippen LogP contribution in [0.5, 0.6) is 11.5 Å². The molecule has 2 rings (SSSR count). The maximum Gasteiger partial charge on any atom is 0.338 e. The van der Waals surface area contributed by atoms with Crippen molar-refractivity contribution in [1.82, 2.24) is 0 Å². The van der Waals surface area contributed by atoms with Crippen molar-refractivity contribution in [3.63, 3.8) is 0 Å². The Labute approximate surface area is 154 Å². The van der Waals surface area contributed by atoms with Gasteiger partial charge in [0.2, 0.25) is 0 Å². The van der Waals surface area contributed by atoms with E-state index in [4.69, 9.17) is 10.5 Å². The van der Waals surface area contributed by atoms with Gasteiger partial charge in [-0.15, -0.1) is 0 Å². The number of carbonyl (C=O) groups excluding carboxylic acids is 1. The molecule has 144 valence electrons. The highest BCUT2D eigenvalue weighted by Gasteiger charge is 2.34. The number of esters is 1. The third kappa shape index (κ3) is 5.42. The molecule has 0 aliphatic heterocycles. The SMILES string of the molecule is N[C@@](CCCOC(=O)c1ccc(F)cc1)(Cc1ccc(O)c(O)c1)C(=O)O. The molecule has 0 heterocycles. The molecular weight excluding hydrogens is 357 g/mol. The number of carboxylic acid groups (broad SMARTS) is 1. The van der Waals surface area contributed by atoms with Gasteiger partial charge in [0, 0.05) is 6.42 Å². The van der Waals surface area contributed by atoms with E-state index in [9.17, 15) is 29.3 Å². The summed E-state index contributed by atoms with van der Waals surface area (Å²) in [5.41, 5.74) is 4.98. The first-order valence-electron chi connectivity index (χ1n) is 8.17. The summed E-state index contributed by atoms with van der Waals surface area (Å²) in [4.78, 5) is 23.4. The van der Waals surface area contributed by atoms with Crippen molar-refractivity contribution >= 4 is 11.9 Å². The van der Waals surface area contributed by atoms with Crippen LogP contribution in [0.4, 0.5) is 4.39 Å². The minimum atomic E-state index is -1.63. The highest BCUT2D eigenvalue weighted by molar-refractivity contribution is 5.89. The van der Waals surface area contributed by atoms with Crippen LogP contribution in [0.25, 0.3) is 0 Å². The first-order chi connectivity index (χ1) is 12.7. The van der Waals surface area contributed by atoms with Crippen molar-refractivity contribution in [3.8, 4) is 11.5 Å². The number of rotatable bonds is 8. The average Bonchev–Trinajstić information content (AvgIpc) is 2.62. The summed E-state index contributed by atoms with van der Waals surface area (Å²) in [7, 11) is 0. The highest BCUT2D eigenvalue weighted by atomic mass is 19.1. The maximum absolute atomic E-state index is 12.8. The van der Waals surface area contributed by atoms with Gasteiger partial charge in [0.15, 0.2) is 11.5 Å². The fraction of sp³-hybridized carbons (Fsp3) is 0.263. The molecule has 0 fully saturated rings. The van der Waals surface area contributed by atoms with Crippen molar-refractivity contribution in [2.45, 2.75) is 24.8 Å². The van der Waals surface area contributed by atoms with Crippen molar-refractivity contribution in [2.24, 2.45) is 5.73 Å². The number of benzene rings is 2. The van der Waals surface area contributed by atoms with Crippen LogP contribution in [0.3, 0.4) is 0 Å². The first kappa shape index (κ1) is 20.2. The molecule has 0 spiro atoms. The van der Waals surface area contributed by atoms with Crippen LogP contribution < -0.4 is 5.73 Å². The van der Waals surface area contributed by atoms with Crippen molar-refractivity contribution in [1.29, 1.82) is 0 Å². The summed E-state index contributed by atoms with van der Waals surface area (Å²) in [6, 6.07) is 8.82. The van der Waals surface area contributed by atoms with Crippen LogP contribution in [-0.4, -0.2) is 39.4 Å². The number of phenolic OH excluding ortho intramolecular Hbond substituents is 2. The Morgan fingerprint density at radius 1 is 1.07 bits per heavy atom. The summed E-state index contributed by atoms with van der Waals surface area (Å²) in [6.45, 7) is -0.0523. The molecule has 0 radical (unpaired) electrons. The maximum atomic E-state index is 12.8. The molecule has 8 heteroatoms. The van der Waals surface area contributed by atoms with Crippen molar-refractivity contribution in [2.75, 3.05) is 6.61 Å². The molecule has 0 aliphatic rings. The molecule has 0 saturated carbocycles. The number of ether oxygens (including phenoxy) is 1. The molecule has 27 heavy (non-hydrogen) atoms. The van der Waals surface area contributed by atoms with Crippen LogP contribution in [0.1, 0.15) is 28.8 Å². The summed E-state index contributed by atoms with van der Waals surface area (Å²) < 4.78 is 17.9. The van der Waals surface area contributed by atoms with Gasteiger partial charge in [-0.05, 0) is 54.8 Å². The summed E-state index contributed by atoms with van der Waals surface area (Å²) in [6.07, 6.45) is 0.128. The lowest BCUT2D eigenvalue weighted by molar-refractivity contribution is -0.143. The number of aromatic hydroxyl groups is 2. The second-order valence-corrected chi connectivity index (χ2v) is 6.21. The van der Waals surface area contributed by atoms with E-state index in [1.54, 1.807) is 0 Å². The minimum Gasteiger partial charge on any atom is -0.504 e. The Kier molecular flexibility index (Phi) is 6.36. The summed E-state index contributed by atoms with van der Waals surface area (Å²) >= 11 is 0. The molecule has 2 aromatic rings. The molecule has 7 nitrogen and oxygen atoms in total. The summed E-state index contributed by atoms with van der Waals surface area (Å²) in [5.74, 6) is -3.03. The van der Waals surface area contributed by atoms with E-state index < -0.39 is 23.3 Å². The van der Waals surface area contributed by atoms with Crippen LogP contribution in [-0.2, 0) is 16.0 Å². The summed E-state index contributed by atoms with van der Waals surface area (Å²) in [5, 5.41) is 28.3. The number of nitrogens with two attached hydrogens (primary N) is 1. The largest absolute Gasteiger partial charge is 0.504 e. The topological polar surface area (TPSA) is 130 Å². The zero-order chi connectivity index (χ0) is 20.0. The number of aliphatic carboxylic acids is 1. The van der Waals surface area contributed by atoms with Gasteiger partial charge in [-0.1, -0.05) is 6.07 Å². The van der Waals surface area contributed by atoms with Crippen molar-refractivity contribution in [3.05, 3.63) is 59.4 Å². The monoisotopic (exact) mass is 377 g/mol. The number of carbonyl (C=O) groups is 2. The zero-order valence-corrected chi connectivity index (χ0v) is 14.4. The van der Waals surface area contributed by atoms with E-state index in [1.807, 2.05) is 0 Å². The van der Waals surface area contributed by atoms with Gasteiger partial charge in [0.05, 0.1) is 12.2 Å². The van der Waals surface area contributed by atoms with Gasteiger partial charge >= 0.3 is 11.9 Å². The fourth-order valence-corrected chi connectivity index (χ4v) is 2.54. The van der Waals surface area contributed by atoms with Gasteiger partial charge in [-0.25, -0.2) is 9.18 Å². The Bertz CT molecular complexity index is 823. The van der Waals surface area contributed by atoms with Gasteiger partial charge in [-0.3, -0.25) is 4.79 Å². The molecule has 0 aliphatic carbocycles. The van der Waals surface area contributed by atoms with Gasteiger partial charge < -0.3 is 25.8 Å². The Hall–Kier alpha value is -3.13. The Morgan fingerprint density at radius 2 is 1.74 bits per heavy atom. The standard InChI is InChI=1S/C19H20FNO6/c20-14-5-3-13(4-6-14)17(24)27-9-1-8-19(21,18(25)26)11-12-2-7-15(22)16(23)10-12/h2-7,10,22-23H,1,8-9,11,21H2,(H,25,26)/t19-/m0/s1. The molecule has 0 amide bonds. The normalized spacial score (nSPS) is 13.0. The Balaban J connectivity index is 1.91. The number of hydrogen-bond acceptors (Lipinski definition) is 6. The van der Waals surface area contributed by atoms with Crippen LogP contribution >= 0.6 is 0 Å². The lowest BCUT2D eigenvalue weighted by Gasteiger charge is -2.25. The van der Waals surface area contributed by atoms with Crippen LogP contribution in [0.2, 0.25) is 0 Å². The van der Waals surface area contributed by atoms with E-state index in [0.717, 1.165) is 12.1 Å². The van der Waals surface area contributed by atoms with E-state index in [0.29, 0.717) is 5.56 Å². The predicted octanol–water partition coefficient (Wildman–Crippen LogP) is 2.20. The molecule has 5 N–H and O–H groups in total. The van der Waals surface area contributed by atoms with Crippen LogP contribution in [0, 0.1) is 5.82 Å². The van der Waals surface area contributed by atoms with E-state index in [2.05, 4.69) is 0 Å². The fourth-order valence-electron chi connectivity index (χ4n) is 2.54.